The number of nitrogens with zero attached hydrogens (tertiary/aromatic N) is 5. The van der Waals surface area contributed by atoms with E-state index in [1.165, 1.54) is 10.6 Å². The number of imidazole rings is 1. The van der Waals surface area contributed by atoms with Crippen molar-refractivity contribution >= 4 is 21.9 Å². The maximum Gasteiger partial charge on any atom is 0.258 e. The Morgan fingerprint density at radius 2 is 1.87 bits per heavy atom. The lowest BCUT2D eigenvalue weighted by Crippen LogP contribution is -2.20. The van der Waals surface area contributed by atoms with Crippen molar-refractivity contribution in [2.75, 3.05) is 0 Å². The van der Waals surface area contributed by atoms with Gasteiger partial charge in [0.25, 0.3) is 5.56 Å². The summed E-state index contributed by atoms with van der Waals surface area (Å²) in [5, 5.41) is 6.16. The number of nitrogens with one attached hydrogen (secondary N) is 1. The van der Waals surface area contributed by atoms with E-state index in [1.807, 2.05) is 54.9 Å². The molecule has 7 nitrogen and oxygen atoms in total. The average Bonchev–Trinajstić information content (AvgIpc) is 3.46. The maximum absolute atomic E-state index is 15.4. The van der Waals surface area contributed by atoms with Crippen LogP contribution >= 0.6 is 0 Å². The number of fused-ring (bicyclic) bond motifs is 2. The molecule has 0 amide bonds. The van der Waals surface area contributed by atoms with Gasteiger partial charge in [-0.25, -0.2) is 14.4 Å². The Kier molecular flexibility index (Phi) is 5.67. The smallest absolute Gasteiger partial charge is 0.258 e. The Morgan fingerprint density at radius 3 is 2.63 bits per heavy atom. The lowest BCUT2D eigenvalue weighted by atomic mass is 10.0. The van der Waals surface area contributed by atoms with E-state index in [0.717, 1.165) is 27.9 Å². The number of aromatic amines is 1. The molecule has 2 aromatic carbocycles. The molecular weight excluding hydrogens is 479 g/mol. The number of rotatable bonds is 5. The van der Waals surface area contributed by atoms with E-state index in [2.05, 4.69) is 28.9 Å². The first-order valence-corrected chi connectivity index (χ1v) is 12.6. The fraction of sp³-hybridized carbons (Fsp3) is 0.200. The number of aromatic nitrogens is 6. The molecule has 6 aromatic rings. The van der Waals surface area contributed by atoms with Crippen molar-refractivity contribution in [2.45, 2.75) is 40.3 Å². The molecule has 0 spiro atoms. The molecule has 0 unspecified atom stereocenters. The molecule has 0 aliphatic carbocycles. The Bertz CT molecular complexity index is 1900. The van der Waals surface area contributed by atoms with Crippen LogP contribution in [0.15, 0.2) is 71.8 Å². The Balaban J connectivity index is 1.37. The molecule has 0 fully saturated rings. The maximum atomic E-state index is 15.4. The van der Waals surface area contributed by atoms with E-state index < -0.39 is 0 Å². The first kappa shape index (κ1) is 23.8. The van der Waals surface area contributed by atoms with Gasteiger partial charge in [-0.3, -0.25) is 9.48 Å². The van der Waals surface area contributed by atoms with Crippen LogP contribution < -0.4 is 5.56 Å². The Labute approximate surface area is 218 Å². The Hall–Kier alpha value is -4.59. The van der Waals surface area contributed by atoms with Crippen molar-refractivity contribution < 1.29 is 4.39 Å². The summed E-state index contributed by atoms with van der Waals surface area (Å²) in [4.78, 5) is 25.6. The molecule has 0 saturated carbocycles. The summed E-state index contributed by atoms with van der Waals surface area (Å²) < 4.78 is 18.9. The van der Waals surface area contributed by atoms with Crippen molar-refractivity contribution in [2.24, 2.45) is 0 Å². The summed E-state index contributed by atoms with van der Waals surface area (Å²) in [6.45, 7) is 8.34. The molecule has 0 atom stereocenters. The summed E-state index contributed by atoms with van der Waals surface area (Å²) in [6.07, 6.45) is 3.40. The van der Waals surface area contributed by atoms with Crippen LogP contribution in [0.5, 0.6) is 0 Å². The molecule has 0 radical (unpaired) electrons. The van der Waals surface area contributed by atoms with Crippen molar-refractivity contribution in [3.63, 3.8) is 0 Å². The second kappa shape index (κ2) is 9.06. The van der Waals surface area contributed by atoms with Gasteiger partial charge in [-0.1, -0.05) is 30.3 Å². The van der Waals surface area contributed by atoms with Crippen LogP contribution in [-0.4, -0.2) is 29.3 Å². The molecular formula is C30H27FN6O. The zero-order chi connectivity index (χ0) is 26.6. The zero-order valence-electron chi connectivity index (χ0n) is 21.7. The molecule has 8 heteroatoms. The lowest BCUT2D eigenvalue weighted by Gasteiger charge is -2.10. The third-order valence-corrected chi connectivity index (χ3v) is 7.03. The number of hydrogen-bond acceptors (Lipinski definition) is 4. The van der Waals surface area contributed by atoms with Gasteiger partial charge >= 0.3 is 0 Å². The average molecular weight is 507 g/mol. The van der Waals surface area contributed by atoms with E-state index in [9.17, 15) is 4.79 Å². The van der Waals surface area contributed by atoms with E-state index in [1.54, 1.807) is 24.5 Å². The molecule has 6 rings (SSSR count). The third kappa shape index (κ3) is 3.89. The van der Waals surface area contributed by atoms with E-state index in [0.29, 0.717) is 33.5 Å². The summed E-state index contributed by atoms with van der Waals surface area (Å²) in [5.41, 5.74) is 5.91. The van der Waals surface area contributed by atoms with Gasteiger partial charge in [0, 0.05) is 40.6 Å². The van der Waals surface area contributed by atoms with Crippen LogP contribution in [0.4, 0.5) is 4.39 Å². The molecule has 1 N–H and O–H groups in total. The van der Waals surface area contributed by atoms with Gasteiger partial charge < -0.3 is 9.55 Å². The first-order chi connectivity index (χ1) is 18.3. The number of pyridine rings is 2. The topological polar surface area (TPSA) is 81.4 Å². The summed E-state index contributed by atoms with van der Waals surface area (Å²) in [5.74, 6) is 0.308. The fourth-order valence-corrected chi connectivity index (χ4v) is 5.15. The highest BCUT2D eigenvalue weighted by Crippen LogP contribution is 2.32. The van der Waals surface area contributed by atoms with Gasteiger partial charge in [-0.2, -0.15) is 5.10 Å². The predicted octanol–water partition coefficient (Wildman–Crippen LogP) is 6.19. The fourth-order valence-electron chi connectivity index (χ4n) is 5.15. The number of benzene rings is 2. The van der Waals surface area contributed by atoms with Gasteiger partial charge in [-0.15, -0.1) is 0 Å². The third-order valence-electron chi connectivity index (χ3n) is 7.03. The largest absolute Gasteiger partial charge is 0.322 e. The Morgan fingerprint density at radius 1 is 1.05 bits per heavy atom. The molecule has 4 heterocycles. The molecule has 0 aliphatic heterocycles. The number of hydrogen-bond donors (Lipinski definition) is 1. The first-order valence-electron chi connectivity index (χ1n) is 12.6. The van der Waals surface area contributed by atoms with Gasteiger partial charge in [0.05, 0.1) is 17.8 Å². The van der Waals surface area contributed by atoms with Crippen LogP contribution in [0.3, 0.4) is 0 Å². The van der Waals surface area contributed by atoms with E-state index in [-0.39, 0.29) is 24.0 Å². The molecule has 0 aliphatic rings. The molecule has 0 saturated heterocycles. The number of halogens is 1. The van der Waals surface area contributed by atoms with Crippen LogP contribution in [0.25, 0.3) is 44.5 Å². The SMILES string of the molecule is Cc1nn(C(C)C)c(C)c1-c1nc2c(-c3ccc(Cn4ccc5ccccc5c4=O)c(F)c3)ccnc2[nH]1. The quantitative estimate of drug-likeness (QED) is 0.302. The van der Waals surface area contributed by atoms with Crippen LogP contribution in [-0.2, 0) is 6.54 Å². The van der Waals surface area contributed by atoms with Crippen molar-refractivity contribution in [1.82, 2.24) is 29.3 Å². The minimum Gasteiger partial charge on any atom is -0.322 e. The van der Waals surface area contributed by atoms with Gasteiger partial charge in [-0.05, 0) is 62.9 Å². The van der Waals surface area contributed by atoms with Crippen molar-refractivity contribution in [3.05, 3.63) is 100 Å². The van der Waals surface area contributed by atoms with E-state index >= 15 is 4.39 Å². The minimum absolute atomic E-state index is 0.141. The second-order valence-electron chi connectivity index (χ2n) is 9.87. The molecule has 4 aromatic heterocycles. The highest BCUT2D eigenvalue weighted by atomic mass is 19.1. The highest BCUT2D eigenvalue weighted by Gasteiger charge is 2.20. The normalized spacial score (nSPS) is 11.7. The monoisotopic (exact) mass is 506 g/mol. The van der Waals surface area contributed by atoms with E-state index in [4.69, 9.17) is 4.98 Å². The standard InChI is InChI=1S/C30H27FN6O/c1-17(2)37-19(4)26(18(3)35-37)28-33-27-23(11-13-32-29(27)34-28)21-9-10-22(25(31)15-21)16-36-14-12-20-7-5-6-8-24(20)30(36)38/h5-15,17H,16H2,1-4H3,(H,32,33,34). The molecule has 190 valence electrons. The molecule has 0 bridgehead atoms. The second-order valence-corrected chi connectivity index (χ2v) is 9.87. The van der Waals surface area contributed by atoms with Gasteiger partial charge in [0.15, 0.2) is 5.65 Å². The van der Waals surface area contributed by atoms with Crippen LogP contribution in [0.2, 0.25) is 0 Å². The van der Waals surface area contributed by atoms with Gasteiger partial charge in [0.1, 0.15) is 17.2 Å². The van der Waals surface area contributed by atoms with Crippen molar-refractivity contribution in [1.29, 1.82) is 0 Å². The van der Waals surface area contributed by atoms with Crippen LogP contribution in [0, 0.1) is 19.7 Å². The predicted molar refractivity (Wildman–Crippen MR) is 148 cm³/mol. The number of aryl methyl sites for hydroxylation is 1. The van der Waals surface area contributed by atoms with Gasteiger partial charge in [0.2, 0.25) is 0 Å². The molecule has 38 heavy (non-hydrogen) atoms. The number of H-pyrrole nitrogens is 1. The zero-order valence-corrected chi connectivity index (χ0v) is 21.7. The summed E-state index contributed by atoms with van der Waals surface area (Å²) in [7, 11) is 0. The summed E-state index contributed by atoms with van der Waals surface area (Å²) in [6, 6.07) is 16.4. The minimum atomic E-state index is -0.381. The van der Waals surface area contributed by atoms with Crippen LogP contribution in [0.1, 0.15) is 36.8 Å². The highest BCUT2D eigenvalue weighted by molar-refractivity contribution is 5.91. The lowest BCUT2D eigenvalue weighted by molar-refractivity contribution is 0.516. The van der Waals surface area contributed by atoms with Crippen molar-refractivity contribution in [3.8, 4) is 22.5 Å². The summed E-state index contributed by atoms with van der Waals surface area (Å²) >= 11 is 0.